The molecule has 3 atom stereocenters. The van der Waals surface area contributed by atoms with E-state index in [2.05, 4.69) is 20.9 Å². The second kappa shape index (κ2) is 8.36. The highest BCUT2D eigenvalue weighted by Gasteiger charge is 2.41. The number of halogens is 3. The van der Waals surface area contributed by atoms with Crippen LogP contribution in [-0.2, 0) is 4.79 Å². The van der Waals surface area contributed by atoms with Gasteiger partial charge < -0.3 is 20.7 Å². The number of benzene rings is 1. The van der Waals surface area contributed by atoms with Gasteiger partial charge >= 0.3 is 12.2 Å². The van der Waals surface area contributed by atoms with Crippen LogP contribution < -0.4 is 25.6 Å². The van der Waals surface area contributed by atoms with Crippen LogP contribution in [0.3, 0.4) is 0 Å². The predicted octanol–water partition coefficient (Wildman–Crippen LogP) is 3.56. The number of carbonyl (C=O) groups is 2. The molecule has 0 spiro atoms. The van der Waals surface area contributed by atoms with Crippen molar-refractivity contribution in [1.82, 2.24) is 10.6 Å². The number of carbonyl (C=O) groups excluding carboxylic acids is 2. The van der Waals surface area contributed by atoms with Gasteiger partial charge in [-0.1, -0.05) is 0 Å². The van der Waals surface area contributed by atoms with E-state index in [0.29, 0.717) is 17.1 Å². The van der Waals surface area contributed by atoms with Gasteiger partial charge in [-0.3, -0.25) is 14.7 Å². The molecule has 0 aliphatic carbocycles. The number of ether oxygens (including phenoxy) is 1. The molecule has 3 rings (SSSR count). The summed E-state index contributed by atoms with van der Waals surface area (Å²) in [6.45, 7) is 8.69. The van der Waals surface area contributed by atoms with E-state index < -0.39 is 47.7 Å². The first-order valence-electron chi connectivity index (χ1n) is 10.1. The van der Waals surface area contributed by atoms with E-state index in [9.17, 15) is 22.8 Å². The van der Waals surface area contributed by atoms with Crippen LogP contribution in [0.15, 0.2) is 35.0 Å². The van der Waals surface area contributed by atoms with Crippen LogP contribution in [0.25, 0.3) is 0 Å². The maximum absolute atomic E-state index is 13.1. The Kier molecular flexibility index (Phi) is 6.12. The highest BCUT2D eigenvalue weighted by Crippen LogP contribution is 2.38. The van der Waals surface area contributed by atoms with Gasteiger partial charge in [-0.2, -0.15) is 13.2 Å². The van der Waals surface area contributed by atoms with Crippen molar-refractivity contribution in [2.45, 2.75) is 64.6 Å². The number of fused-ring (bicyclic) bond motifs is 1. The molecule has 11 heteroatoms. The van der Waals surface area contributed by atoms with Crippen LogP contribution in [-0.4, -0.2) is 48.2 Å². The van der Waals surface area contributed by atoms with Crippen molar-refractivity contribution in [2.75, 3.05) is 10.2 Å². The van der Waals surface area contributed by atoms with E-state index in [-0.39, 0.29) is 0 Å². The van der Waals surface area contributed by atoms with E-state index in [4.69, 9.17) is 4.74 Å². The Hall–Kier alpha value is -3.24. The number of rotatable bonds is 3. The third-order valence-electron chi connectivity index (χ3n) is 4.82. The molecule has 174 valence electrons. The Balaban J connectivity index is 1.85. The summed E-state index contributed by atoms with van der Waals surface area (Å²) in [6, 6.07) is 3.58. The fourth-order valence-electron chi connectivity index (χ4n) is 3.38. The summed E-state index contributed by atoms with van der Waals surface area (Å²) < 4.78 is 45.0. The van der Waals surface area contributed by atoms with Crippen LogP contribution in [0.5, 0.6) is 5.75 Å². The third kappa shape index (κ3) is 5.14. The summed E-state index contributed by atoms with van der Waals surface area (Å²) in [5, 5.41) is 7.83. The molecule has 0 fully saturated rings. The molecule has 1 aromatic carbocycles. The number of amides is 3. The summed E-state index contributed by atoms with van der Waals surface area (Å²) in [7, 11) is 0. The van der Waals surface area contributed by atoms with Crippen molar-refractivity contribution in [2.24, 2.45) is 4.99 Å². The first kappa shape index (κ1) is 23.4. The molecule has 3 amide bonds. The van der Waals surface area contributed by atoms with Crippen molar-refractivity contribution in [1.29, 1.82) is 0 Å². The number of nitrogens with one attached hydrogen (secondary N) is 3. The highest BCUT2D eigenvalue weighted by atomic mass is 19.4. The van der Waals surface area contributed by atoms with Crippen LogP contribution in [0.1, 0.15) is 34.6 Å². The number of urea groups is 1. The van der Waals surface area contributed by atoms with Gasteiger partial charge in [0, 0.05) is 23.5 Å². The van der Waals surface area contributed by atoms with E-state index >= 15 is 0 Å². The van der Waals surface area contributed by atoms with Crippen molar-refractivity contribution in [3.05, 3.63) is 30.0 Å². The Bertz CT molecular complexity index is 968. The molecule has 32 heavy (non-hydrogen) atoms. The summed E-state index contributed by atoms with van der Waals surface area (Å²) in [5.41, 5.74) is -0.542. The van der Waals surface area contributed by atoms with Gasteiger partial charge in [-0.25, -0.2) is 4.79 Å². The lowest BCUT2D eigenvalue weighted by Gasteiger charge is -2.40. The Morgan fingerprint density at radius 3 is 2.59 bits per heavy atom. The molecule has 1 aromatic rings. The van der Waals surface area contributed by atoms with Crippen molar-refractivity contribution in [3.8, 4) is 5.75 Å². The third-order valence-corrected chi connectivity index (χ3v) is 4.82. The zero-order valence-electron chi connectivity index (χ0n) is 18.4. The molecule has 0 bridgehead atoms. The van der Waals surface area contributed by atoms with E-state index in [1.165, 1.54) is 4.90 Å². The average molecular weight is 453 g/mol. The van der Waals surface area contributed by atoms with Crippen molar-refractivity contribution < 1.29 is 27.5 Å². The monoisotopic (exact) mass is 453 g/mol. The number of anilines is 2. The molecule has 2 aliphatic rings. The molecular formula is C21H26F3N5O3. The molecule has 2 heterocycles. The zero-order chi connectivity index (χ0) is 23.8. The zero-order valence-corrected chi connectivity index (χ0v) is 18.4. The second-order valence-electron chi connectivity index (χ2n) is 8.69. The summed E-state index contributed by atoms with van der Waals surface area (Å²) in [5.74, 6) is -0.0832. The normalized spacial score (nSPS) is 21.7. The van der Waals surface area contributed by atoms with Crippen LogP contribution >= 0.6 is 0 Å². The predicted molar refractivity (Wildman–Crippen MR) is 115 cm³/mol. The van der Waals surface area contributed by atoms with E-state index in [0.717, 1.165) is 12.3 Å². The molecule has 2 aliphatic heterocycles. The second-order valence-corrected chi connectivity index (χ2v) is 8.69. The first-order valence-corrected chi connectivity index (χ1v) is 10.1. The summed E-state index contributed by atoms with van der Waals surface area (Å²) in [4.78, 5) is 30.5. The SMILES string of the molecule is CC(C1N=CC=C(C(F)(F)F)N1)N1C(=O)[C@@H](C)Oc2cc(NC(=O)NC(C)(C)C)ccc21. The van der Waals surface area contributed by atoms with Crippen molar-refractivity contribution in [3.63, 3.8) is 0 Å². The minimum Gasteiger partial charge on any atom is -0.479 e. The quantitative estimate of drug-likeness (QED) is 0.652. The molecule has 0 radical (unpaired) electrons. The molecule has 2 unspecified atom stereocenters. The average Bonchev–Trinajstić information content (AvgIpc) is 2.66. The lowest BCUT2D eigenvalue weighted by Crippen LogP contribution is -2.56. The number of hydrogen-bond donors (Lipinski definition) is 3. The molecule has 0 saturated carbocycles. The molecular weight excluding hydrogens is 427 g/mol. The smallest absolute Gasteiger partial charge is 0.431 e. The van der Waals surface area contributed by atoms with Gasteiger partial charge in [0.05, 0.1) is 11.7 Å². The maximum atomic E-state index is 13.1. The van der Waals surface area contributed by atoms with E-state index in [1.807, 2.05) is 20.8 Å². The maximum Gasteiger partial charge on any atom is 0.431 e. The Labute approximate surface area is 183 Å². The standard InChI is InChI=1S/C21H26F3N5O3/c1-11(17-25-9-8-16(27-17)21(22,23)24)29-14-7-6-13(26-19(31)28-20(3,4)5)10-15(14)32-12(2)18(29)30/h6-12,17,27H,1-5H3,(H2,26,28,31)/t11?,12-,17?/m1/s1. The minimum atomic E-state index is -4.56. The highest BCUT2D eigenvalue weighted by molar-refractivity contribution is 6.01. The molecule has 3 N–H and O–H groups in total. The van der Waals surface area contributed by atoms with Gasteiger partial charge in [-0.05, 0) is 52.8 Å². The Morgan fingerprint density at radius 1 is 1.28 bits per heavy atom. The molecule has 0 saturated heterocycles. The number of hydrogen-bond acceptors (Lipinski definition) is 5. The van der Waals surface area contributed by atoms with Crippen LogP contribution in [0.2, 0.25) is 0 Å². The first-order chi connectivity index (χ1) is 14.8. The van der Waals surface area contributed by atoms with Crippen LogP contribution in [0, 0.1) is 0 Å². The summed E-state index contributed by atoms with van der Waals surface area (Å²) >= 11 is 0. The van der Waals surface area contributed by atoms with Gasteiger partial charge in [0.2, 0.25) is 0 Å². The topological polar surface area (TPSA) is 95.1 Å². The van der Waals surface area contributed by atoms with Gasteiger partial charge in [0.15, 0.2) is 6.10 Å². The van der Waals surface area contributed by atoms with Crippen LogP contribution in [0.4, 0.5) is 29.3 Å². The number of allylic oxidation sites excluding steroid dienone is 2. The fourth-order valence-corrected chi connectivity index (χ4v) is 3.38. The Morgan fingerprint density at radius 2 is 1.97 bits per heavy atom. The number of alkyl halides is 3. The van der Waals surface area contributed by atoms with E-state index in [1.54, 1.807) is 32.0 Å². The van der Waals surface area contributed by atoms with Gasteiger partial charge in [0.1, 0.15) is 17.6 Å². The fraction of sp³-hybridized carbons (Fsp3) is 0.476. The van der Waals surface area contributed by atoms with Gasteiger partial charge in [0.25, 0.3) is 5.91 Å². The van der Waals surface area contributed by atoms with Gasteiger partial charge in [-0.15, -0.1) is 0 Å². The summed E-state index contributed by atoms with van der Waals surface area (Å²) in [6.07, 6.45) is -4.50. The molecule has 8 nitrogen and oxygen atoms in total. The molecule has 0 aromatic heterocycles. The number of nitrogens with zero attached hydrogens (tertiary/aromatic N) is 2. The van der Waals surface area contributed by atoms with Crippen molar-refractivity contribution >= 4 is 29.5 Å². The largest absolute Gasteiger partial charge is 0.479 e. The minimum absolute atomic E-state index is 0.323. The lowest BCUT2D eigenvalue weighted by atomic mass is 10.1. The lowest BCUT2D eigenvalue weighted by molar-refractivity contribution is -0.126. The number of aliphatic imine (C=N–C) groups is 1.